The van der Waals surface area contributed by atoms with E-state index in [1.807, 2.05) is 4.90 Å². The van der Waals surface area contributed by atoms with Crippen LogP contribution in [0.2, 0.25) is 0 Å². The molecule has 1 saturated carbocycles. The van der Waals surface area contributed by atoms with E-state index >= 15 is 0 Å². The second-order valence-corrected chi connectivity index (χ2v) is 7.61. The molecule has 0 spiro atoms. The van der Waals surface area contributed by atoms with Gasteiger partial charge in [-0.05, 0) is 18.9 Å². The summed E-state index contributed by atoms with van der Waals surface area (Å²) in [5.74, 6) is 0.540. The van der Waals surface area contributed by atoms with Crippen molar-refractivity contribution in [3.8, 4) is 17.2 Å². The summed E-state index contributed by atoms with van der Waals surface area (Å²) in [5, 5.41) is 5.61. The molecule has 3 rings (SSSR count). The van der Waals surface area contributed by atoms with Gasteiger partial charge in [-0.25, -0.2) is 0 Å². The highest BCUT2D eigenvalue weighted by molar-refractivity contribution is 6.35. The van der Waals surface area contributed by atoms with E-state index in [4.69, 9.17) is 14.2 Å². The summed E-state index contributed by atoms with van der Waals surface area (Å²) in [6.07, 6.45) is 1.88. The van der Waals surface area contributed by atoms with Gasteiger partial charge in [0.05, 0.1) is 27.9 Å². The zero-order valence-corrected chi connectivity index (χ0v) is 18.2. The number of methoxy groups -OCH3 is 3. The van der Waals surface area contributed by atoms with Crippen molar-refractivity contribution in [1.29, 1.82) is 0 Å². The van der Waals surface area contributed by atoms with Crippen LogP contribution in [0.15, 0.2) is 12.1 Å². The van der Waals surface area contributed by atoms with Gasteiger partial charge in [0.15, 0.2) is 11.5 Å². The average Bonchev–Trinajstić information content (AvgIpc) is 3.60. The molecule has 0 unspecified atom stereocenters. The van der Waals surface area contributed by atoms with Crippen LogP contribution in [0.4, 0.5) is 0 Å². The van der Waals surface area contributed by atoms with Crippen molar-refractivity contribution in [3.63, 3.8) is 0 Å². The summed E-state index contributed by atoms with van der Waals surface area (Å²) in [7, 11) is 4.65. The molecular formula is C21H30N4O6. The summed E-state index contributed by atoms with van der Waals surface area (Å²) in [5.41, 5.74) is 0.769. The normalized spacial score (nSPS) is 16.4. The summed E-state index contributed by atoms with van der Waals surface area (Å²) in [4.78, 5) is 40.0. The molecule has 3 amide bonds. The van der Waals surface area contributed by atoms with E-state index in [2.05, 4.69) is 10.6 Å². The lowest BCUT2D eigenvalue weighted by atomic mass is 10.1. The van der Waals surface area contributed by atoms with Crippen LogP contribution in [0.1, 0.15) is 18.4 Å². The zero-order valence-electron chi connectivity index (χ0n) is 18.2. The number of piperazine rings is 1. The van der Waals surface area contributed by atoms with Crippen LogP contribution < -0.4 is 24.8 Å². The van der Waals surface area contributed by atoms with Gasteiger partial charge in [-0.15, -0.1) is 0 Å². The van der Waals surface area contributed by atoms with Crippen molar-refractivity contribution in [2.75, 3.05) is 54.1 Å². The number of hydrogen-bond acceptors (Lipinski definition) is 7. The number of carbonyl (C=O) groups is 3. The molecule has 1 heterocycles. The monoisotopic (exact) mass is 434 g/mol. The SMILES string of the molecule is COc1cc(OC)c(OC)cc1CNC(=O)CN1CCN(C(=O)C(=O)NC2CC2)CC1. The molecule has 1 aromatic carbocycles. The maximum atomic E-state index is 12.4. The molecular weight excluding hydrogens is 404 g/mol. The smallest absolute Gasteiger partial charge is 0.311 e. The van der Waals surface area contributed by atoms with E-state index in [-0.39, 0.29) is 25.0 Å². The Morgan fingerprint density at radius 3 is 2.13 bits per heavy atom. The maximum Gasteiger partial charge on any atom is 0.311 e. The molecule has 0 aromatic heterocycles. The Bertz CT molecular complexity index is 818. The molecule has 2 N–H and O–H groups in total. The van der Waals surface area contributed by atoms with Gasteiger partial charge in [-0.3, -0.25) is 19.3 Å². The van der Waals surface area contributed by atoms with Gasteiger partial charge in [-0.1, -0.05) is 0 Å². The summed E-state index contributed by atoms with van der Waals surface area (Å²) in [6.45, 7) is 2.42. The summed E-state index contributed by atoms with van der Waals surface area (Å²) in [6, 6.07) is 3.65. The van der Waals surface area contributed by atoms with E-state index in [0.29, 0.717) is 43.4 Å². The van der Waals surface area contributed by atoms with Gasteiger partial charge in [0.1, 0.15) is 5.75 Å². The van der Waals surface area contributed by atoms with Crippen LogP contribution in [0.5, 0.6) is 17.2 Å². The fourth-order valence-electron chi connectivity index (χ4n) is 3.41. The fourth-order valence-corrected chi connectivity index (χ4v) is 3.41. The number of nitrogens with zero attached hydrogens (tertiary/aromatic N) is 2. The van der Waals surface area contributed by atoms with Crippen LogP contribution in [0, 0.1) is 0 Å². The second kappa shape index (κ2) is 10.3. The molecule has 1 aromatic rings. The molecule has 10 heteroatoms. The fraction of sp³-hybridized carbons (Fsp3) is 0.571. The van der Waals surface area contributed by atoms with Gasteiger partial charge in [0, 0.05) is 50.4 Å². The van der Waals surface area contributed by atoms with Crippen LogP contribution >= 0.6 is 0 Å². The topological polar surface area (TPSA) is 109 Å². The van der Waals surface area contributed by atoms with E-state index in [9.17, 15) is 14.4 Å². The Morgan fingerprint density at radius 1 is 0.935 bits per heavy atom. The lowest BCUT2D eigenvalue weighted by molar-refractivity contribution is -0.147. The molecule has 170 valence electrons. The first-order valence-electron chi connectivity index (χ1n) is 10.3. The lowest BCUT2D eigenvalue weighted by Gasteiger charge is -2.33. The van der Waals surface area contributed by atoms with Crippen LogP contribution in [-0.2, 0) is 20.9 Å². The summed E-state index contributed by atoms with van der Waals surface area (Å²) < 4.78 is 16.0. The number of hydrogen-bond donors (Lipinski definition) is 2. The highest BCUT2D eigenvalue weighted by Crippen LogP contribution is 2.34. The first-order chi connectivity index (χ1) is 14.9. The number of carbonyl (C=O) groups excluding carboxylic acids is 3. The molecule has 1 aliphatic carbocycles. The van der Waals surface area contributed by atoms with Gasteiger partial charge in [0.25, 0.3) is 0 Å². The summed E-state index contributed by atoms with van der Waals surface area (Å²) >= 11 is 0. The van der Waals surface area contributed by atoms with Crippen molar-refractivity contribution in [1.82, 2.24) is 20.4 Å². The Labute approximate surface area is 181 Å². The largest absolute Gasteiger partial charge is 0.496 e. The Kier molecular flexibility index (Phi) is 7.56. The quantitative estimate of drug-likeness (QED) is 0.543. The average molecular weight is 434 g/mol. The van der Waals surface area contributed by atoms with Crippen LogP contribution in [0.25, 0.3) is 0 Å². The minimum absolute atomic E-state index is 0.136. The van der Waals surface area contributed by atoms with Gasteiger partial charge < -0.3 is 29.7 Å². The highest BCUT2D eigenvalue weighted by atomic mass is 16.5. The molecule has 2 fully saturated rings. The number of rotatable bonds is 8. The van der Waals surface area contributed by atoms with E-state index < -0.39 is 11.8 Å². The van der Waals surface area contributed by atoms with Crippen molar-refractivity contribution in [2.24, 2.45) is 0 Å². The van der Waals surface area contributed by atoms with Crippen LogP contribution in [0.3, 0.4) is 0 Å². The van der Waals surface area contributed by atoms with Crippen LogP contribution in [-0.4, -0.2) is 87.6 Å². The Hall–Kier alpha value is -3.01. The van der Waals surface area contributed by atoms with Crippen molar-refractivity contribution >= 4 is 17.7 Å². The molecule has 2 aliphatic rings. The van der Waals surface area contributed by atoms with Gasteiger partial charge in [-0.2, -0.15) is 0 Å². The van der Waals surface area contributed by atoms with E-state index in [1.54, 1.807) is 38.4 Å². The first kappa shape index (κ1) is 22.7. The standard InChI is InChI=1S/C21H30N4O6/c1-29-16-11-18(31-3)17(30-2)10-14(16)12-22-19(26)13-24-6-8-25(9-7-24)21(28)20(27)23-15-4-5-15/h10-11,15H,4-9,12-13H2,1-3H3,(H,22,26)(H,23,27). The van der Waals surface area contributed by atoms with Crippen molar-refractivity contribution < 1.29 is 28.6 Å². The molecule has 0 bridgehead atoms. The number of nitrogens with one attached hydrogen (secondary N) is 2. The van der Waals surface area contributed by atoms with Crippen molar-refractivity contribution in [2.45, 2.75) is 25.4 Å². The molecule has 0 atom stereocenters. The van der Waals surface area contributed by atoms with Crippen molar-refractivity contribution in [3.05, 3.63) is 17.7 Å². The third-order valence-electron chi connectivity index (χ3n) is 5.40. The minimum atomic E-state index is -0.530. The van der Waals surface area contributed by atoms with E-state index in [1.165, 1.54) is 0 Å². The zero-order chi connectivity index (χ0) is 22.4. The Morgan fingerprint density at radius 2 is 1.55 bits per heavy atom. The third-order valence-corrected chi connectivity index (χ3v) is 5.40. The number of ether oxygens (including phenoxy) is 3. The molecule has 31 heavy (non-hydrogen) atoms. The maximum absolute atomic E-state index is 12.4. The predicted octanol–water partition coefficient (Wildman–Crippen LogP) is -0.249. The highest BCUT2D eigenvalue weighted by Gasteiger charge is 2.31. The third kappa shape index (κ3) is 6.00. The molecule has 0 radical (unpaired) electrons. The number of benzene rings is 1. The molecule has 1 aliphatic heterocycles. The lowest BCUT2D eigenvalue weighted by Crippen LogP contribution is -2.54. The molecule has 10 nitrogen and oxygen atoms in total. The van der Waals surface area contributed by atoms with E-state index in [0.717, 1.165) is 18.4 Å². The molecule has 1 saturated heterocycles. The second-order valence-electron chi connectivity index (χ2n) is 7.61. The van der Waals surface area contributed by atoms with Gasteiger partial charge >= 0.3 is 11.8 Å². The van der Waals surface area contributed by atoms with Gasteiger partial charge in [0.2, 0.25) is 5.91 Å². The minimum Gasteiger partial charge on any atom is -0.496 e. The predicted molar refractivity (Wildman–Crippen MR) is 112 cm³/mol. The Balaban J connectivity index is 1.45. The first-order valence-corrected chi connectivity index (χ1v) is 10.3. The number of amides is 3.